The van der Waals surface area contributed by atoms with E-state index in [1.54, 1.807) is 12.1 Å². The van der Waals surface area contributed by atoms with Crippen LogP contribution in [0.4, 0.5) is 4.39 Å². The highest BCUT2D eigenvalue weighted by Gasteiger charge is 2.57. The van der Waals surface area contributed by atoms with E-state index < -0.39 is 5.60 Å². The standard InChI is InChI=1S/C26H28FNO/c1-18-24(20-10-6-4-7-11-20)28(3)25(21-12-8-5-9-13-21)19(2)26(18,29)22-14-16-23(27)17-15-22/h4-19,24-25,29H,1-3H3/p+1/t18-,19-,24+,25+/m1/s1. The molecule has 0 saturated carbocycles. The second-order valence-electron chi connectivity index (χ2n) is 8.43. The first-order valence-electron chi connectivity index (χ1n) is 10.4. The number of aliphatic hydroxyl groups is 1. The zero-order chi connectivity index (χ0) is 20.6. The number of likely N-dealkylation sites (tertiary alicyclic amines) is 1. The van der Waals surface area contributed by atoms with Crippen LogP contribution in [-0.2, 0) is 5.60 Å². The Balaban J connectivity index is 1.89. The fourth-order valence-electron chi connectivity index (χ4n) is 5.57. The number of quaternary nitrogens is 1. The third-order valence-corrected chi connectivity index (χ3v) is 6.99. The normalized spacial score (nSPS) is 32.1. The molecule has 1 heterocycles. The van der Waals surface area contributed by atoms with Crippen LogP contribution >= 0.6 is 0 Å². The van der Waals surface area contributed by atoms with Crippen LogP contribution in [0.1, 0.15) is 42.6 Å². The maximum absolute atomic E-state index is 13.6. The van der Waals surface area contributed by atoms with E-state index in [0.29, 0.717) is 0 Å². The minimum absolute atomic E-state index is 0.0506. The summed E-state index contributed by atoms with van der Waals surface area (Å²) >= 11 is 0. The van der Waals surface area contributed by atoms with Crippen molar-refractivity contribution in [1.29, 1.82) is 0 Å². The van der Waals surface area contributed by atoms with Crippen molar-refractivity contribution in [3.63, 3.8) is 0 Å². The van der Waals surface area contributed by atoms with Crippen molar-refractivity contribution in [3.8, 4) is 0 Å². The number of hydrogen-bond donors (Lipinski definition) is 2. The first-order valence-corrected chi connectivity index (χ1v) is 10.4. The topological polar surface area (TPSA) is 24.7 Å². The maximum Gasteiger partial charge on any atom is 0.123 e. The van der Waals surface area contributed by atoms with E-state index in [4.69, 9.17) is 0 Å². The van der Waals surface area contributed by atoms with Gasteiger partial charge in [-0.05, 0) is 17.7 Å². The third-order valence-electron chi connectivity index (χ3n) is 6.99. The number of benzene rings is 3. The van der Waals surface area contributed by atoms with Gasteiger partial charge in [0, 0.05) is 23.0 Å². The zero-order valence-corrected chi connectivity index (χ0v) is 17.2. The molecule has 3 aromatic rings. The van der Waals surface area contributed by atoms with Crippen LogP contribution in [0, 0.1) is 17.7 Å². The monoisotopic (exact) mass is 390 g/mol. The fourth-order valence-corrected chi connectivity index (χ4v) is 5.57. The van der Waals surface area contributed by atoms with Crippen molar-refractivity contribution in [3.05, 3.63) is 107 Å². The van der Waals surface area contributed by atoms with E-state index >= 15 is 0 Å². The lowest BCUT2D eigenvalue weighted by Crippen LogP contribution is -3.13. The Hall–Kier alpha value is -2.49. The Morgan fingerprint density at radius 2 is 1.14 bits per heavy atom. The molecule has 0 aromatic heterocycles. The van der Waals surface area contributed by atoms with Gasteiger partial charge in [-0.15, -0.1) is 0 Å². The van der Waals surface area contributed by atoms with Crippen molar-refractivity contribution in [2.24, 2.45) is 11.8 Å². The molecule has 4 atom stereocenters. The number of halogens is 1. The summed E-state index contributed by atoms with van der Waals surface area (Å²) in [6.45, 7) is 4.25. The molecule has 1 aliphatic heterocycles. The van der Waals surface area contributed by atoms with Crippen molar-refractivity contribution in [2.45, 2.75) is 31.5 Å². The van der Waals surface area contributed by atoms with E-state index in [1.807, 2.05) is 12.1 Å². The average Bonchev–Trinajstić information content (AvgIpc) is 2.74. The van der Waals surface area contributed by atoms with Crippen molar-refractivity contribution in [1.82, 2.24) is 0 Å². The van der Waals surface area contributed by atoms with Crippen LogP contribution in [-0.4, -0.2) is 12.2 Å². The van der Waals surface area contributed by atoms with Crippen molar-refractivity contribution >= 4 is 0 Å². The first-order chi connectivity index (χ1) is 13.9. The molecule has 2 N–H and O–H groups in total. The largest absolute Gasteiger partial charge is 0.384 e. The molecule has 1 aliphatic rings. The summed E-state index contributed by atoms with van der Waals surface area (Å²) in [6, 6.07) is 27.5. The van der Waals surface area contributed by atoms with E-state index in [2.05, 4.69) is 69.4 Å². The molecule has 1 fully saturated rings. The van der Waals surface area contributed by atoms with Gasteiger partial charge in [0.2, 0.25) is 0 Å². The molecule has 0 spiro atoms. The summed E-state index contributed by atoms with van der Waals surface area (Å²) in [5, 5.41) is 12.2. The minimum Gasteiger partial charge on any atom is -0.384 e. The fraction of sp³-hybridized carbons (Fsp3) is 0.308. The maximum atomic E-state index is 13.6. The van der Waals surface area contributed by atoms with Gasteiger partial charge in [0.1, 0.15) is 23.5 Å². The molecule has 4 rings (SSSR count). The highest BCUT2D eigenvalue weighted by atomic mass is 19.1. The summed E-state index contributed by atoms with van der Waals surface area (Å²) in [4.78, 5) is 1.37. The minimum atomic E-state index is -1.08. The summed E-state index contributed by atoms with van der Waals surface area (Å²) in [7, 11) is 2.23. The van der Waals surface area contributed by atoms with Crippen LogP contribution in [0.25, 0.3) is 0 Å². The highest BCUT2D eigenvalue weighted by Crippen LogP contribution is 2.49. The molecule has 0 unspecified atom stereocenters. The molecule has 0 radical (unpaired) electrons. The van der Waals surface area contributed by atoms with Crippen LogP contribution in [0.2, 0.25) is 0 Å². The van der Waals surface area contributed by atoms with Gasteiger partial charge in [-0.2, -0.15) is 0 Å². The third kappa shape index (κ3) is 3.29. The second-order valence-corrected chi connectivity index (χ2v) is 8.43. The quantitative estimate of drug-likeness (QED) is 0.685. The summed E-state index contributed by atoms with van der Waals surface area (Å²) in [6.07, 6.45) is 0. The van der Waals surface area contributed by atoms with Gasteiger partial charge < -0.3 is 10.0 Å². The summed E-state index contributed by atoms with van der Waals surface area (Å²) < 4.78 is 13.6. The van der Waals surface area contributed by atoms with Gasteiger partial charge in [-0.1, -0.05) is 86.6 Å². The lowest BCUT2D eigenvalue weighted by Gasteiger charge is -2.53. The Bertz CT molecular complexity index is 888. The van der Waals surface area contributed by atoms with Gasteiger partial charge in [0.05, 0.1) is 7.05 Å². The molecule has 1 saturated heterocycles. The molecule has 3 heteroatoms. The van der Waals surface area contributed by atoms with Gasteiger partial charge in [0.25, 0.3) is 0 Å². The number of rotatable bonds is 3. The van der Waals surface area contributed by atoms with E-state index in [-0.39, 0.29) is 29.7 Å². The lowest BCUT2D eigenvalue weighted by atomic mass is 9.62. The first kappa shape index (κ1) is 19.8. The smallest absolute Gasteiger partial charge is 0.123 e. The molecule has 2 nitrogen and oxygen atoms in total. The molecular weight excluding hydrogens is 361 g/mol. The second kappa shape index (κ2) is 7.74. The van der Waals surface area contributed by atoms with Crippen molar-refractivity contribution < 1.29 is 14.4 Å². The van der Waals surface area contributed by atoms with Gasteiger partial charge in [0.15, 0.2) is 0 Å². The molecule has 0 bridgehead atoms. The van der Waals surface area contributed by atoms with Crippen LogP contribution in [0.15, 0.2) is 84.9 Å². The molecule has 0 aliphatic carbocycles. The summed E-state index contributed by atoms with van der Waals surface area (Å²) in [5.41, 5.74) is 2.14. The average molecular weight is 391 g/mol. The van der Waals surface area contributed by atoms with E-state index in [0.717, 1.165) is 5.56 Å². The van der Waals surface area contributed by atoms with Crippen LogP contribution in [0.5, 0.6) is 0 Å². The molecule has 3 aromatic carbocycles. The molecule has 29 heavy (non-hydrogen) atoms. The van der Waals surface area contributed by atoms with Gasteiger partial charge in [-0.3, -0.25) is 0 Å². The summed E-state index contributed by atoms with van der Waals surface area (Å²) in [5.74, 6) is -0.383. The molecule has 0 amide bonds. The Morgan fingerprint density at radius 1 is 0.724 bits per heavy atom. The van der Waals surface area contributed by atoms with Gasteiger partial charge >= 0.3 is 0 Å². The Morgan fingerprint density at radius 3 is 1.55 bits per heavy atom. The lowest BCUT2D eigenvalue weighted by molar-refractivity contribution is -0.962. The van der Waals surface area contributed by atoms with Crippen molar-refractivity contribution in [2.75, 3.05) is 7.05 Å². The SMILES string of the molecule is C[C@@H]1[C@@H](c2ccccc2)[NH+](C)[C@H](c2ccccc2)[C@@H](C)C1(O)c1ccc(F)cc1. The highest BCUT2D eigenvalue weighted by molar-refractivity contribution is 5.31. The van der Waals surface area contributed by atoms with Crippen LogP contribution in [0.3, 0.4) is 0 Å². The number of piperidine rings is 1. The predicted molar refractivity (Wildman–Crippen MR) is 114 cm³/mol. The Kier molecular flexibility index (Phi) is 5.28. The van der Waals surface area contributed by atoms with E-state index in [9.17, 15) is 9.50 Å². The van der Waals surface area contributed by atoms with E-state index in [1.165, 1.54) is 28.2 Å². The predicted octanol–water partition coefficient (Wildman–Crippen LogP) is 4.30. The Labute approximate surface area is 172 Å². The zero-order valence-electron chi connectivity index (χ0n) is 17.2. The number of nitrogens with one attached hydrogen (secondary N) is 1. The number of hydrogen-bond acceptors (Lipinski definition) is 1. The molecular formula is C26H29FNO+. The van der Waals surface area contributed by atoms with Crippen LogP contribution < -0.4 is 4.90 Å². The van der Waals surface area contributed by atoms with Gasteiger partial charge in [-0.25, -0.2) is 4.39 Å². The molecule has 150 valence electrons.